The van der Waals surface area contributed by atoms with E-state index in [1.807, 2.05) is 6.92 Å². The molecule has 5 nitrogen and oxygen atoms in total. The van der Waals surface area contributed by atoms with Crippen molar-refractivity contribution in [1.29, 1.82) is 0 Å². The zero-order valence-electron chi connectivity index (χ0n) is 10.4. The Morgan fingerprint density at radius 3 is 2.76 bits per heavy atom. The summed E-state index contributed by atoms with van der Waals surface area (Å²) >= 11 is 1.53. The molecule has 0 saturated heterocycles. The number of hydrogen-bond donors (Lipinski definition) is 1. The third kappa shape index (κ3) is 5.04. The van der Waals surface area contributed by atoms with Crippen LogP contribution in [-0.2, 0) is 4.79 Å². The number of carbonyl (C=O) groups excluding carboxylic acids is 1. The molecule has 0 unspecified atom stereocenters. The maximum Gasteiger partial charge on any atom is 0.222 e. The minimum Gasteiger partial charge on any atom is -0.384 e. The number of aromatic nitrogens is 2. The first-order valence-corrected chi connectivity index (χ1v) is 6.41. The van der Waals surface area contributed by atoms with Crippen molar-refractivity contribution in [3.8, 4) is 0 Å². The molecule has 1 heterocycles. The zero-order valence-corrected chi connectivity index (χ0v) is 11.3. The molecule has 1 aromatic rings. The zero-order chi connectivity index (χ0) is 12.8. The van der Waals surface area contributed by atoms with Gasteiger partial charge >= 0.3 is 0 Å². The van der Waals surface area contributed by atoms with Crippen molar-refractivity contribution in [2.24, 2.45) is 0 Å². The summed E-state index contributed by atoms with van der Waals surface area (Å²) in [4.78, 5) is 21.3. The van der Waals surface area contributed by atoms with Crippen LogP contribution >= 0.6 is 11.8 Å². The number of nitrogen functional groups attached to an aromatic ring is 1. The molecular formula is C11H18N4OS. The lowest BCUT2D eigenvalue weighted by molar-refractivity contribution is -0.128. The number of hydrogen-bond acceptors (Lipinski definition) is 5. The van der Waals surface area contributed by atoms with E-state index in [0.717, 1.165) is 17.9 Å². The topological polar surface area (TPSA) is 72.1 Å². The van der Waals surface area contributed by atoms with Crippen molar-refractivity contribution >= 4 is 23.5 Å². The van der Waals surface area contributed by atoms with E-state index in [9.17, 15) is 4.79 Å². The lowest BCUT2D eigenvalue weighted by Gasteiger charge is -2.09. The van der Waals surface area contributed by atoms with E-state index >= 15 is 0 Å². The van der Waals surface area contributed by atoms with Crippen LogP contribution in [0.3, 0.4) is 0 Å². The number of rotatable bonds is 5. The van der Waals surface area contributed by atoms with Gasteiger partial charge in [-0.1, -0.05) is 11.8 Å². The van der Waals surface area contributed by atoms with Crippen molar-refractivity contribution in [3.63, 3.8) is 0 Å². The quantitative estimate of drug-likeness (QED) is 0.487. The van der Waals surface area contributed by atoms with Gasteiger partial charge in [-0.25, -0.2) is 9.97 Å². The van der Waals surface area contributed by atoms with Gasteiger partial charge in [-0.3, -0.25) is 4.79 Å². The SMILES string of the molecule is Cc1cc(N)nc(SCCCC(=O)N(C)C)n1. The highest BCUT2D eigenvalue weighted by Gasteiger charge is 2.05. The molecule has 6 heteroatoms. The van der Waals surface area contributed by atoms with Crippen LogP contribution in [-0.4, -0.2) is 40.6 Å². The van der Waals surface area contributed by atoms with Crippen LogP contribution in [0.25, 0.3) is 0 Å². The lowest BCUT2D eigenvalue weighted by Crippen LogP contribution is -2.21. The monoisotopic (exact) mass is 254 g/mol. The van der Waals surface area contributed by atoms with Crippen LogP contribution in [0.15, 0.2) is 11.2 Å². The van der Waals surface area contributed by atoms with Crippen molar-refractivity contribution in [1.82, 2.24) is 14.9 Å². The van der Waals surface area contributed by atoms with Crippen molar-refractivity contribution in [2.45, 2.75) is 24.9 Å². The largest absolute Gasteiger partial charge is 0.384 e. The predicted octanol–water partition coefficient (Wildman–Crippen LogP) is 1.33. The Morgan fingerprint density at radius 2 is 2.18 bits per heavy atom. The summed E-state index contributed by atoms with van der Waals surface area (Å²) in [6.45, 7) is 1.89. The van der Waals surface area contributed by atoms with Crippen LogP contribution in [0.5, 0.6) is 0 Å². The fourth-order valence-electron chi connectivity index (χ4n) is 1.24. The van der Waals surface area contributed by atoms with Gasteiger partial charge in [0, 0.05) is 38.0 Å². The van der Waals surface area contributed by atoms with Crippen LogP contribution in [0.4, 0.5) is 5.82 Å². The molecule has 0 aliphatic carbocycles. The molecule has 0 spiro atoms. The second-order valence-electron chi connectivity index (χ2n) is 3.96. The molecule has 0 radical (unpaired) electrons. The number of nitrogens with zero attached hydrogens (tertiary/aromatic N) is 3. The van der Waals surface area contributed by atoms with Crippen LogP contribution in [0.2, 0.25) is 0 Å². The number of amides is 1. The average molecular weight is 254 g/mol. The summed E-state index contributed by atoms with van der Waals surface area (Å²) in [5.74, 6) is 1.46. The van der Waals surface area contributed by atoms with Gasteiger partial charge in [0.15, 0.2) is 5.16 Å². The second kappa shape index (κ2) is 6.44. The fraction of sp³-hybridized carbons (Fsp3) is 0.545. The summed E-state index contributed by atoms with van der Waals surface area (Å²) in [7, 11) is 3.53. The van der Waals surface area contributed by atoms with E-state index in [1.165, 1.54) is 11.8 Å². The highest BCUT2D eigenvalue weighted by atomic mass is 32.2. The van der Waals surface area contributed by atoms with E-state index in [2.05, 4.69) is 9.97 Å². The summed E-state index contributed by atoms with van der Waals surface area (Å²) in [5, 5.41) is 0.680. The van der Waals surface area contributed by atoms with Gasteiger partial charge in [0.1, 0.15) is 5.82 Å². The van der Waals surface area contributed by atoms with E-state index in [4.69, 9.17) is 5.73 Å². The molecule has 2 N–H and O–H groups in total. The minimum atomic E-state index is 0.148. The number of thioether (sulfide) groups is 1. The molecule has 1 rings (SSSR count). The number of aryl methyl sites for hydroxylation is 1. The molecule has 0 aliphatic rings. The molecule has 0 bridgehead atoms. The molecular weight excluding hydrogens is 236 g/mol. The average Bonchev–Trinajstić information content (AvgIpc) is 2.22. The molecule has 94 valence electrons. The number of nitrogens with two attached hydrogens (primary N) is 1. The summed E-state index contributed by atoms with van der Waals surface area (Å²) in [5.41, 5.74) is 6.49. The molecule has 17 heavy (non-hydrogen) atoms. The molecule has 0 aliphatic heterocycles. The Labute approximate surface area is 106 Å². The number of carbonyl (C=O) groups is 1. The third-order valence-corrected chi connectivity index (χ3v) is 3.05. The second-order valence-corrected chi connectivity index (χ2v) is 5.02. The molecule has 0 atom stereocenters. The Hall–Kier alpha value is -1.30. The fourth-order valence-corrected chi connectivity index (χ4v) is 2.09. The van der Waals surface area contributed by atoms with Gasteiger partial charge in [0.25, 0.3) is 0 Å². The summed E-state index contributed by atoms with van der Waals surface area (Å²) in [6, 6.07) is 1.74. The number of anilines is 1. The summed E-state index contributed by atoms with van der Waals surface area (Å²) in [6.07, 6.45) is 1.38. The van der Waals surface area contributed by atoms with E-state index in [0.29, 0.717) is 17.4 Å². The summed E-state index contributed by atoms with van der Waals surface area (Å²) < 4.78 is 0. The van der Waals surface area contributed by atoms with Crippen LogP contribution in [0.1, 0.15) is 18.5 Å². The minimum absolute atomic E-state index is 0.148. The van der Waals surface area contributed by atoms with E-state index in [-0.39, 0.29) is 5.91 Å². The van der Waals surface area contributed by atoms with E-state index in [1.54, 1.807) is 25.1 Å². The maximum absolute atomic E-state index is 11.3. The molecule has 1 amide bonds. The smallest absolute Gasteiger partial charge is 0.222 e. The molecule has 0 saturated carbocycles. The first kappa shape index (κ1) is 13.8. The Kier molecular flexibility index (Phi) is 5.21. The van der Waals surface area contributed by atoms with E-state index < -0.39 is 0 Å². The Balaban J connectivity index is 2.33. The predicted molar refractivity (Wildman–Crippen MR) is 69.8 cm³/mol. The van der Waals surface area contributed by atoms with Crippen LogP contribution in [0, 0.1) is 6.92 Å². The van der Waals surface area contributed by atoms with Gasteiger partial charge < -0.3 is 10.6 Å². The Morgan fingerprint density at radius 1 is 1.47 bits per heavy atom. The lowest BCUT2D eigenvalue weighted by atomic mass is 10.3. The maximum atomic E-state index is 11.3. The van der Waals surface area contributed by atoms with Gasteiger partial charge in [0.2, 0.25) is 5.91 Å². The molecule has 1 aromatic heterocycles. The highest BCUT2D eigenvalue weighted by Crippen LogP contribution is 2.16. The van der Waals surface area contributed by atoms with Gasteiger partial charge in [-0.15, -0.1) is 0 Å². The van der Waals surface area contributed by atoms with Crippen LogP contribution < -0.4 is 5.73 Å². The van der Waals surface area contributed by atoms with Crippen molar-refractivity contribution < 1.29 is 4.79 Å². The third-order valence-electron chi connectivity index (χ3n) is 2.12. The Bertz CT molecular complexity index is 375. The van der Waals surface area contributed by atoms with Gasteiger partial charge in [-0.2, -0.15) is 0 Å². The van der Waals surface area contributed by atoms with Crippen molar-refractivity contribution in [3.05, 3.63) is 11.8 Å². The molecule has 0 aromatic carbocycles. The first-order chi connectivity index (χ1) is 7.99. The highest BCUT2D eigenvalue weighted by molar-refractivity contribution is 7.99. The van der Waals surface area contributed by atoms with Crippen molar-refractivity contribution in [2.75, 3.05) is 25.6 Å². The first-order valence-electron chi connectivity index (χ1n) is 5.43. The standard InChI is InChI=1S/C11H18N4OS/c1-8-7-9(12)14-11(13-8)17-6-4-5-10(16)15(2)3/h7H,4-6H2,1-3H3,(H2,12,13,14). The normalized spacial score (nSPS) is 10.3. The van der Waals surface area contributed by atoms with Gasteiger partial charge in [-0.05, 0) is 13.3 Å². The van der Waals surface area contributed by atoms with Gasteiger partial charge in [0.05, 0.1) is 0 Å². The molecule has 0 fully saturated rings.